The van der Waals surface area contributed by atoms with Gasteiger partial charge in [0, 0.05) is 5.69 Å². The molecule has 0 aromatic heterocycles. The number of nitrogens with zero attached hydrogens (tertiary/aromatic N) is 1. The van der Waals surface area contributed by atoms with Crippen LogP contribution in [0.2, 0.25) is 0 Å². The third-order valence-electron chi connectivity index (χ3n) is 1.55. The maximum atomic E-state index is 12.2. The third kappa shape index (κ3) is 1.99. The first-order valence-electron chi connectivity index (χ1n) is 3.42. The summed E-state index contributed by atoms with van der Waals surface area (Å²) in [6.45, 7) is 0. The maximum Gasteiger partial charge on any atom is 0.416 e. The summed E-state index contributed by atoms with van der Waals surface area (Å²) in [6, 6.07) is 3.15. The molecule has 2 N–H and O–H groups in total. The zero-order chi connectivity index (χ0) is 10.9. The fourth-order valence-electron chi connectivity index (χ4n) is 0.892. The number of hydrogen-bond acceptors (Lipinski definition) is 2. The number of hydrogen-bond donors (Lipinski definition) is 1. The van der Waals surface area contributed by atoms with E-state index >= 15 is 0 Å². The SMILES string of the molecule is N#Cc1cc(C(F)(F)F)cc(N)c1Br. The minimum Gasteiger partial charge on any atom is -0.398 e. The Morgan fingerprint density at radius 1 is 1.36 bits per heavy atom. The van der Waals surface area contributed by atoms with Crippen LogP contribution in [-0.2, 0) is 6.18 Å². The van der Waals surface area contributed by atoms with Crippen molar-refractivity contribution in [2.24, 2.45) is 0 Å². The minimum absolute atomic E-state index is 0.101. The van der Waals surface area contributed by atoms with E-state index < -0.39 is 11.7 Å². The van der Waals surface area contributed by atoms with Gasteiger partial charge >= 0.3 is 6.18 Å². The molecule has 0 heterocycles. The van der Waals surface area contributed by atoms with Crippen LogP contribution in [0, 0.1) is 11.3 Å². The fraction of sp³-hybridized carbons (Fsp3) is 0.125. The van der Waals surface area contributed by atoms with Crippen LogP contribution in [0.1, 0.15) is 11.1 Å². The molecule has 0 saturated carbocycles. The van der Waals surface area contributed by atoms with Gasteiger partial charge in [-0.15, -0.1) is 0 Å². The maximum absolute atomic E-state index is 12.2. The first kappa shape index (κ1) is 10.9. The molecule has 0 bridgehead atoms. The Balaban J connectivity index is 3.40. The van der Waals surface area contributed by atoms with Crippen molar-refractivity contribution in [1.29, 1.82) is 5.26 Å². The van der Waals surface area contributed by atoms with Crippen molar-refractivity contribution in [2.75, 3.05) is 5.73 Å². The Bertz CT molecular complexity index is 406. The quantitative estimate of drug-likeness (QED) is 0.733. The summed E-state index contributed by atoms with van der Waals surface area (Å²) in [7, 11) is 0. The lowest BCUT2D eigenvalue weighted by molar-refractivity contribution is -0.137. The average molecular weight is 265 g/mol. The van der Waals surface area contributed by atoms with Crippen molar-refractivity contribution in [1.82, 2.24) is 0 Å². The van der Waals surface area contributed by atoms with Crippen molar-refractivity contribution in [3.8, 4) is 6.07 Å². The van der Waals surface area contributed by atoms with E-state index in [1.807, 2.05) is 0 Å². The van der Waals surface area contributed by atoms with Gasteiger partial charge in [-0.05, 0) is 28.1 Å². The summed E-state index contributed by atoms with van der Waals surface area (Å²) >= 11 is 2.93. The monoisotopic (exact) mass is 264 g/mol. The lowest BCUT2D eigenvalue weighted by atomic mass is 10.1. The second kappa shape index (κ2) is 3.50. The summed E-state index contributed by atoms with van der Waals surface area (Å²) < 4.78 is 36.9. The Morgan fingerprint density at radius 3 is 2.36 bits per heavy atom. The van der Waals surface area contributed by atoms with Gasteiger partial charge in [-0.1, -0.05) is 0 Å². The van der Waals surface area contributed by atoms with E-state index in [9.17, 15) is 13.2 Å². The number of benzene rings is 1. The molecule has 14 heavy (non-hydrogen) atoms. The van der Waals surface area contributed by atoms with Crippen molar-refractivity contribution in [2.45, 2.75) is 6.18 Å². The Morgan fingerprint density at radius 2 is 1.93 bits per heavy atom. The summed E-state index contributed by atoms with van der Waals surface area (Å²) in [5, 5.41) is 8.53. The van der Waals surface area contributed by atoms with E-state index in [1.165, 1.54) is 0 Å². The van der Waals surface area contributed by atoms with Gasteiger partial charge in [-0.3, -0.25) is 0 Å². The number of nitriles is 1. The highest BCUT2D eigenvalue weighted by molar-refractivity contribution is 9.10. The lowest BCUT2D eigenvalue weighted by Gasteiger charge is -2.09. The molecule has 74 valence electrons. The molecule has 0 aliphatic heterocycles. The van der Waals surface area contributed by atoms with E-state index in [1.54, 1.807) is 6.07 Å². The van der Waals surface area contributed by atoms with E-state index in [-0.39, 0.29) is 15.7 Å². The van der Waals surface area contributed by atoms with Gasteiger partial charge in [0.15, 0.2) is 0 Å². The molecule has 1 rings (SSSR count). The van der Waals surface area contributed by atoms with Crippen LogP contribution in [-0.4, -0.2) is 0 Å². The lowest BCUT2D eigenvalue weighted by Crippen LogP contribution is -2.06. The van der Waals surface area contributed by atoms with Gasteiger partial charge in [0.25, 0.3) is 0 Å². The zero-order valence-electron chi connectivity index (χ0n) is 6.69. The number of alkyl halides is 3. The van der Waals surface area contributed by atoms with Gasteiger partial charge in [0.1, 0.15) is 6.07 Å². The molecule has 2 nitrogen and oxygen atoms in total. The Kier molecular flexibility index (Phi) is 2.71. The van der Waals surface area contributed by atoms with Crippen LogP contribution in [0.25, 0.3) is 0 Å². The van der Waals surface area contributed by atoms with Crippen molar-refractivity contribution in [3.63, 3.8) is 0 Å². The number of anilines is 1. The molecule has 0 unspecified atom stereocenters. The van der Waals surface area contributed by atoms with Crippen molar-refractivity contribution >= 4 is 21.6 Å². The number of halogens is 4. The van der Waals surface area contributed by atoms with E-state index in [0.717, 1.165) is 12.1 Å². The first-order valence-corrected chi connectivity index (χ1v) is 4.22. The molecular weight excluding hydrogens is 261 g/mol. The van der Waals surface area contributed by atoms with E-state index in [4.69, 9.17) is 11.0 Å². The predicted molar refractivity (Wildman–Crippen MR) is 48.3 cm³/mol. The molecule has 1 aromatic carbocycles. The van der Waals surface area contributed by atoms with Crippen LogP contribution < -0.4 is 5.73 Å². The van der Waals surface area contributed by atoms with Gasteiger partial charge in [0.2, 0.25) is 0 Å². The normalized spacial score (nSPS) is 11.1. The number of nitrogens with two attached hydrogens (primary N) is 1. The highest BCUT2D eigenvalue weighted by atomic mass is 79.9. The van der Waals surface area contributed by atoms with Gasteiger partial charge < -0.3 is 5.73 Å². The molecular formula is C8H4BrF3N2. The molecule has 6 heteroatoms. The first-order chi connectivity index (χ1) is 6.36. The topological polar surface area (TPSA) is 49.8 Å². The molecule has 1 aromatic rings. The highest BCUT2D eigenvalue weighted by Gasteiger charge is 2.31. The minimum atomic E-state index is -4.49. The van der Waals surface area contributed by atoms with Crippen LogP contribution >= 0.6 is 15.9 Å². The van der Waals surface area contributed by atoms with Gasteiger partial charge in [-0.2, -0.15) is 18.4 Å². The highest BCUT2D eigenvalue weighted by Crippen LogP contribution is 2.34. The molecule has 0 saturated heterocycles. The fourth-order valence-corrected chi connectivity index (χ4v) is 1.21. The largest absolute Gasteiger partial charge is 0.416 e. The van der Waals surface area contributed by atoms with Crippen LogP contribution in [0.15, 0.2) is 16.6 Å². The molecule has 0 spiro atoms. The summed E-state index contributed by atoms with van der Waals surface area (Å²) in [6.07, 6.45) is -4.49. The zero-order valence-corrected chi connectivity index (χ0v) is 8.28. The molecule has 0 aliphatic carbocycles. The molecule has 0 aliphatic rings. The standard InChI is InChI=1S/C8H4BrF3N2/c9-7-4(3-13)1-5(2-6(7)14)8(10,11)12/h1-2H,14H2. The second-order valence-electron chi connectivity index (χ2n) is 2.54. The summed E-state index contributed by atoms with van der Waals surface area (Å²) in [5.41, 5.74) is 4.15. The van der Waals surface area contributed by atoms with Gasteiger partial charge in [0.05, 0.1) is 15.6 Å². The van der Waals surface area contributed by atoms with Crippen molar-refractivity contribution < 1.29 is 13.2 Å². The van der Waals surface area contributed by atoms with Crippen LogP contribution in [0.4, 0.5) is 18.9 Å². The second-order valence-corrected chi connectivity index (χ2v) is 3.33. The van der Waals surface area contributed by atoms with Gasteiger partial charge in [-0.25, -0.2) is 0 Å². The number of nitrogen functional groups attached to an aromatic ring is 1. The average Bonchev–Trinajstić information content (AvgIpc) is 2.07. The Hall–Kier alpha value is -1.22. The number of rotatable bonds is 0. The predicted octanol–water partition coefficient (Wildman–Crippen LogP) is 2.92. The molecule has 0 amide bonds. The van der Waals surface area contributed by atoms with E-state index in [2.05, 4.69) is 15.9 Å². The van der Waals surface area contributed by atoms with Crippen molar-refractivity contribution in [3.05, 3.63) is 27.7 Å². The van der Waals surface area contributed by atoms with E-state index in [0.29, 0.717) is 0 Å². The Labute approximate surface area is 86.3 Å². The van der Waals surface area contributed by atoms with Crippen LogP contribution in [0.3, 0.4) is 0 Å². The molecule has 0 radical (unpaired) electrons. The molecule has 0 fully saturated rings. The summed E-state index contributed by atoms with van der Waals surface area (Å²) in [4.78, 5) is 0. The smallest absolute Gasteiger partial charge is 0.398 e. The summed E-state index contributed by atoms with van der Waals surface area (Å²) in [5.74, 6) is 0. The third-order valence-corrected chi connectivity index (χ3v) is 2.43. The molecule has 0 atom stereocenters. The van der Waals surface area contributed by atoms with Crippen LogP contribution in [0.5, 0.6) is 0 Å².